The zero-order chi connectivity index (χ0) is 17.8. The summed E-state index contributed by atoms with van der Waals surface area (Å²) >= 11 is 1.25. The van der Waals surface area contributed by atoms with Crippen molar-refractivity contribution in [1.29, 1.82) is 0 Å². The molecule has 3 aromatic rings. The van der Waals surface area contributed by atoms with Gasteiger partial charge in [-0.15, -0.1) is 10.2 Å². The molecule has 0 aliphatic carbocycles. The molecule has 128 valence electrons. The molecule has 1 heterocycles. The van der Waals surface area contributed by atoms with E-state index in [1.165, 1.54) is 11.8 Å². The van der Waals surface area contributed by atoms with E-state index in [-0.39, 0.29) is 11.2 Å². The van der Waals surface area contributed by atoms with E-state index in [9.17, 15) is 4.79 Å². The predicted octanol–water partition coefficient (Wildman–Crippen LogP) is 4.47. The summed E-state index contributed by atoms with van der Waals surface area (Å²) in [5.74, 6) is 0.363. The van der Waals surface area contributed by atoms with Crippen LogP contribution in [0.4, 0.5) is 5.69 Å². The fourth-order valence-corrected chi connectivity index (χ4v) is 3.01. The van der Waals surface area contributed by atoms with Crippen LogP contribution in [0, 0.1) is 13.8 Å². The molecular weight excluding hydrogens is 334 g/mol. The van der Waals surface area contributed by atoms with Crippen molar-refractivity contribution in [2.24, 2.45) is 0 Å². The molecule has 5 nitrogen and oxygen atoms in total. The first kappa shape index (κ1) is 17.2. The number of hydrogen-bond acceptors (Lipinski definition) is 5. The molecule has 25 heavy (non-hydrogen) atoms. The number of nitrogens with one attached hydrogen (secondary N) is 1. The van der Waals surface area contributed by atoms with Crippen LogP contribution in [0.1, 0.15) is 18.1 Å². The lowest BCUT2D eigenvalue weighted by atomic mass is 10.1. The third-order valence-corrected chi connectivity index (χ3v) is 4.77. The van der Waals surface area contributed by atoms with Gasteiger partial charge < -0.3 is 9.73 Å². The van der Waals surface area contributed by atoms with Crippen molar-refractivity contribution < 1.29 is 9.21 Å². The van der Waals surface area contributed by atoms with Crippen LogP contribution in [0.3, 0.4) is 0 Å². The molecule has 1 N–H and O–H groups in total. The minimum absolute atomic E-state index is 0.102. The Balaban J connectivity index is 1.67. The van der Waals surface area contributed by atoms with E-state index in [1.807, 2.05) is 69.3 Å². The van der Waals surface area contributed by atoms with Gasteiger partial charge in [0.1, 0.15) is 0 Å². The predicted molar refractivity (Wildman–Crippen MR) is 99.6 cm³/mol. The van der Waals surface area contributed by atoms with E-state index in [1.54, 1.807) is 0 Å². The van der Waals surface area contributed by atoms with Crippen molar-refractivity contribution in [2.45, 2.75) is 31.2 Å². The third-order valence-electron chi connectivity index (χ3n) is 3.83. The van der Waals surface area contributed by atoms with E-state index in [0.29, 0.717) is 11.1 Å². The quantitative estimate of drug-likeness (QED) is 0.685. The van der Waals surface area contributed by atoms with Gasteiger partial charge in [-0.25, -0.2) is 0 Å². The first-order valence-electron chi connectivity index (χ1n) is 7.97. The van der Waals surface area contributed by atoms with Gasteiger partial charge in [0.2, 0.25) is 11.8 Å². The molecule has 0 fully saturated rings. The van der Waals surface area contributed by atoms with E-state index >= 15 is 0 Å². The lowest BCUT2D eigenvalue weighted by Crippen LogP contribution is -2.22. The fraction of sp³-hybridized carbons (Fsp3) is 0.211. The number of carbonyl (C=O) groups is 1. The summed E-state index contributed by atoms with van der Waals surface area (Å²) in [5.41, 5.74) is 3.80. The highest BCUT2D eigenvalue weighted by Gasteiger charge is 2.19. The lowest BCUT2D eigenvalue weighted by molar-refractivity contribution is -0.115. The first-order chi connectivity index (χ1) is 12.0. The molecule has 1 aromatic heterocycles. The van der Waals surface area contributed by atoms with Crippen LogP contribution in [0.5, 0.6) is 0 Å². The Kier molecular flexibility index (Phi) is 5.19. The number of rotatable bonds is 5. The number of amides is 1. The van der Waals surface area contributed by atoms with Crippen LogP contribution in [0.15, 0.2) is 58.2 Å². The van der Waals surface area contributed by atoms with Crippen LogP contribution in [0.25, 0.3) is 11.5 Å². The number of hydrogen-bond donors (Lipinski definition) is 1. The number of anilines is 1. The molecule has 2 aromatic carbocycles. The largest absolute Gasteiger partial charge is 0.411 e. The number of benzene rings is 2. The molecule has 0 saturated carbocycles. The fourth-order valence-electron chi connectivity index (χ4n) is 2.33. The van der Waals surface area contributed by atoms with Crippen molar-refractivity contribution in [3.05, 3.63) is 59.7 Å². The van der Waals surface area contributed by atoms with Crippen LogP contribution in [-0.2, 0) is 4.79 Å². The van der Waals surface area contributed by atoms with Crippen molar-refractivity contribution in [1.82, 2.24) is 10.2 Å². The van der Waals surface area contributed by atoms with Crippen LogP contribution in [-0.4, -0.2) is 21.4 Å². The molecule has 0 bridgehead atoms. The van der Waals surface area contributed by atoms with Gasteiger partial charge in [-0.05, 0) is 44.0 Å². The molecule has 1 amide bonds. The van der Waals surface area contributed by atoms with Gasteiger partial charge in [0, 0.05) is 11.3 Å². The zero-order valence-corrected chi connectivity index (χ0v) is 15.1. The van der Waals surface area contributed by atoms with Gasteiger partial charge in [-0.2, -0.15) is 0 Å². The molecule has 0 spiro atoms. The van der Waals surface area contributed by atoms with E-state index in [2.05, 4.69) is 15.5 Å². The smallest absolute Gasteiger partial charge is 0.277 e. The Hall–Kier alpha value is -2.60. The van der Waals surface area contributed by atoms with Gasteiger partial charge in [-0.3, -0.25) is 4.79 Å². The summed E-state index contributed by atoms with van der Waals surface area (Å²) in [5, 5.41) is 11.1. The molecule has 1 unspecified atom stereocenters. The van der Waals surface area contributed by atoms with Gasteiger partial charge in [0.05, 0.1) is 5.25 Å². The maximum Gasteiger partial charge on any atom is 0.277 e. The number of thioether (sulfide) groups is 1. The lowest BCUT2D eigenvalue weighted by Gasteiger charge is -2.11. The van der Waals surface area contributed by atoms with E-state index in [4.69, 9.17) is 4.42 Å². The van der Waals surface area contributed by atoms with Crippen molar-refractivity contribution in [2.75, 3.05) is 5.32 Å². The van der Waals surface area contributed by atoms with Crippen molar-refractivity contribution >= 4 is 23.4 Å². The van der Waals surface area contributed by atoms with Gasteiger partial charge >= 0.3 is 0 Å². The summed E-state index contributed by atoms with van der Waals surface area (Å²) in [4.78, 5) is 12.4. The Morgan fingerprint density at radius 1 is 1.04 bits per heavy atom. The summed E-state index contributed by atoms with van der Waals surface area (Å²) in [7, 11) is 0. The molecule has 0 aliphatic rings. The van der Waals surface area contributed by atoms with Crippen molar-refractivity contribution in [3.8, 4) is 11.5 Å². The SMILES string of the molecule is Cc1ccccc1NC(=O)C(C)Sc1nnc(-c2ccccc2C)o1. The zero-order valence-electron chi connectivity index (χ0n) is 14.3. The summed E-state index contributed by atoms with van der Waals surface area (Å²) in [6.45, 7) is 5.76. The Morgan fingerprint density at radius 2 is 1.72 bits per heavy atom. The molecular formula is C19H19N3O2S. The number of aryl methyl sites for hydroxylation is 2. The highest BCUT2D eigenvalue weighted by atomic mass is 32.2. The minimum Gasteiger partial charge on any atom is -0.411 e. The molecule has 0 saturated heterocycles. The maximum absolute atomic E-state index is 12.4. The van der Waals surface area contributed by atoms with Crippen LogP contribution < -0.4 is 5.32 Å². The summed E-state index contributed by atoms with van der Waals surface area (Å²) in [6.07, 6.45) is 0. The Bertz CT molecular complexity index is 892. The Labute approximate surface area is 150 Å². The average Bonchev–Trinajstić information content (AvgIpc) is 3.05. The van der Waals surface area contributed by atoms with E-state index < -0.39 is 0 Å². The van der Waals surface area contributed by atoms with E-state index in [0.717, 1.165) is 22.4 Å². The van der Waals surface area contributed by atoms with Gasteiger partial charge in [0.25, 0.3) is 5.22 Å². The first-order valence-corrected chi connectivity index (χ1v) is 8.85. The topological polar surface area (TPSA) is 68.0 Å². The Morgan fingerprint density at radius 3 is 2.44 bits per heavy atom. The molecule has 1 atom stereocenters. The van der Waals surface area contributed by atoms with Crippen molar-refractivity contribution in [3.63, 3.8) is 0 Å². The van der Waals surface area contributed by atoms with Crippen LogP contribution >= 0.6 is 11.8 Å². The number of nitrogens with zero attached hydrogens (tertiary/aromatic N) is 2. The molecule has 0 radical (unpaired) electrons. The third kappa shape index (κ3) is 4.09. The van der Waals surface area contributed by atoms with Crippen LogP contribution in [0.2, 0.25) is 0 Å². The average molecular weight is 353 g/mol. The second-order valence-corrected chi connectivity index (χ2v) is 7.04. The summed E-state index contributed by atoms with van der Waals surface area (Å²) < 4.78 is 5.71. The molecule has 6 heteroatoms. The highest BCUT2D eigenvalue weighted by molar-refractivity contribution is 8.00. The number of carbonyl (C=O) groups excluding carboxylic acids is 1. The molecule has 0 aliphatic heterocycles. The second-order valence-electron chi connectivity index (χ2n) is 5.75. The second kappa shape index (κ2) is 7.53. The molecule has 3 rings (SSSR count). The number of aromatic nitrogens is 2. The minimum atomic E-state index is -0.357. The standard InChI is InChI=1S/C19H19N3O2S/c1-12-8-4-6-10-15(12)18-21-22-19(24-18)25-14(3)17(23)20-16-11-7-5-9-13(16)2/h4-11,14H,1-3H3,(H,20,23). The number of para-hydroxylation sites is 1. The van der Waals surface area contributed by atoms with Gasteiger partial charge in [-0.1, -0.05) is 48.2 Å². The maximum atomic E-state index is 12.4. The summed E-state index contributed by atoms with van der Waals surface area (Å²) in [6, 6.07) is 15.5. The highest BCUT2D eigenvalue weighted by Crippen LogP contribution is 2.28. The normalized spacial score (nSPS) is 12.0. The van der Waals surface area contributed by atoms with Gasteiger partial charge in [0.15, 0.2) is 0 Å². The monoisotopic (exact) mass is 353 g/mol.